The maximum Gasteiger partial charge on any atom is -0.00161 e. The van der Waals surface area contributed by atoms with Gasteiger partial charge in [0.05, 0.1) is 0 Å². The lowest BCUT2D eigenvalue weighted by Gasteiger charge is -2.22. The number of nitrogens with zero attached hydrogens (tertiary/aromatic N) is 1. The van der Waals surface area contributed by atoms with E-state index in [0.717, 1.165) is 5.92 Å². The molecule has 0 saturated heterocycles. The summed E-state index contributed by atoms with van der Waals surface area (Å²) in [6.07, 6.45) is 10.1. The van der Waals surface area contributed by atoms with E-state index in [2.05, 4.69) is 18.7 Å². The normalized spacial score (nSPS) is 18.2. The molecule has 0 aliphatic heterocycles. The first-order chi connectivity index (χ1) is 6.86. The van der Waals surface area contributed by atoms with E-state index in [-0.39, 0.29) is 0 Å². The largest absolute Gasteiger partial charge is 0.303 e. The van der Waals surface area contributed by atoms with E-state index in [0.29, 0.717) is 0 Å². The molecular weight excluding hydrogens is 170 g/mol. The van der Waals surface area contributed by atoms with Crippen molar-refractivity contribution in [2.75, 3.05) is 19.6 Å². The Morgan fingerprint density at radius 3 is 2.00 bits per heavy atom. The summed E-state index contributed by atoms with van der Waals surface area (Å²) in [4.78, 5) is 2.65. The van der Waals surface area contributed by atoms with Gasteiger partial charge in [-0.15, -0.1) is 0 Å². The highest BCUT2D eigenvalue weighted by Gasteiger charge is 2.15. The molecule has 1 nitrogen and oxygen atoms in total. The smallest absolute Gasteiger partial charge is 0.00161 e. The zero-order valence-corrected chi connectivity index (χ0v) is 10.1. The fourth-order valence-corrected chi connectivity index (χ4v) is 2.63. The van der Waals surface area contributed by atoms with E-state index in [1.807, 2.05) is 0 Å². The lowest BCUT2D eigenvalue weighted by molar-refractivity contribution is 0.252. The van der Waals surface area contributed by atoms with Crippen LogP contribution in [0.3, 0.4) is 0 Å². The van der Waals surface area contributed by atoms with Crippen LogP contribution in [0, 0.1) is 5.92 Å². The van der Waals surface area contributed by atoms with Crippen molar-refractivity contribution in [3.8, 4) is 0 Å². The molecule has 0 heterocycles. The van der Waals surface area contributed by atoms with Gasteiger partial charge in [0, 0.05) is 0 Å². The number of rotatable bonds is 7. The van der Waals surface area contributed by atoms with Crippen molar-refractivity contribution < 1.29 is 0 Å². The standard InChI is InChI=1S/C13H27N/c1-3-10-14(11-4-2)12-9-13-7-5-6-8-13/h13H,3-12H2,1-2H3. The van der Waals surface area contributed by atoms with Crippen molar-refractivity contribution in [2.45, 2.75) is 58.8 Å². The molecule has 1 aliphatic rings. The zero-order chi connectivity index (χ0) is 10.2. The molecule has 84 valence electrons. The lowest BCUT2D eigenvalue weighted by atomic mass is 10.0. The molecule has 0 radical (unpaired) electrons. The summed E-state index contributed by atoms with van der Waals surface area (Å²) in [5.74, 6) is 1.06. The van der Waals surface area contributed by atoms with E-state index in [1.165, 1.54) is 64.6 Å². The Labute approximate surface area is 89.9 Å². The second-order valence-electron chi connectivity index (χ2n) is 4.78. The third-order valence-electron chi connectivity index (χ3n) is 3.41. The first-order valence-corrected chi connectivity index (χ1v) is 6.59. The van der Waals surface area contributed by atoms with Crippen molar-refractivity contribution in [2.24, 2.45) is 5.92 Å². The van der Waals surface area contributed by atoms with Crippen LogP contribution in [0.2, 0.25) is 0 Å². The third kappa shape index (κ3) is 4.45. The van der Waals surface area contributed by atoms with Crippen LogP contribution in [-0.2, 0) is 0 Å². The quantitative estimate of drug-likeness (QED) is 0.601. The molecule has 0 aromatic carbocycles. The van der Waals surface area contributed by atoms with Crippen LogP contribution in [0.4, 0.5) is 0 Å². The molecule has 1 heteroatoms. The monoisotopic (exact) mass is 197 g/mol. The van der Waals surface area contributed by atoms with Gasteiger partial charge in [0.1, 0.15) is 0 Å². The maximum absolute atomic E-state index is 2.65. The molecule has 1 saturated carbocycles. The fraction of sp³-hybridized carbons (Fsp3) is 1.00. The van der Waals surface area contributed by atoms with Crippen molar-refractivity contribution in [3.63, 3.8) is 0 Å². The Balaban J connectivity index is 2.10. The molecule has 0 unspecified atom stereocenters. The molecule has 0 spiro atoms. The summed E-state index contributed by atoms with van der Waals surface area (Å²) in [5, 5.41) is 0. The van der Waals surface area contributed by atoms with Gasteiger partial charge in [-0.25, -0.2) is 0 Å². The predicted octanol–water partition coefficient (Wildman–Crippen LogP) is 3.69. The van der Waals surface area contributed by atoms with Crippen LogP contribution in [0.5, 0.6) is 0 Å². The lowest BCUT2D eigenvalue weighted by Crippen LogP contribution is -2.27. The molecule has 1 rings (SSSR count). The molecule has 14 heavy (non-hydrogen) atoms. The summed E-state index contributed by atoms with van der Waals surface area (Å²) in [6, 6.07) is 0. The van der Waals surface area contributed by atoms with Gasteiger partial charge in [0.25, 0.3) is 0 Å². The average molecular weight is 197 g/mol. The van der Waals surface area contributed by atoms with Crippen LogP contribution in [0.15, 0.2) is 0 Å². The van der Waals surface area contributed by atoms with Crippen molar-refractivity contribution >= 4 is 0 Å². The van der Waals surface area contributed by atoms with E-state index in [1.54, 1.807) is 0 Å². The Bertz CT molecular complexity index is 121. The summed E-state index contributed by atoms with van der Waals surface area (Å²) in [7, 11) is 0. The minimum Gasteiger partial charge on any atom is -0.303 e. The van der Waals surface area contributed by atoms with Gasteiger partial charge in [0.15, 0.2) is 0 Å². The highest BCUT2D eigenvalue weighted by molar-refractivity contribution is 4.69. The van der Waals surface area contributed by atoms with E-state index >= 15 is 0 Å². The van der Waals surface area contributed by atoms with Crippen LogP contribution < -0.4 is 0 Å². The molecular formula is C13H27N. The second-order valence-corrected chi connectivity index (χ2v) is 4.78. The van der Waals surface area contributed by atoms with Gasteiger partial charge in [-0.1, -0.05) is 39.5 Å². The van der Waals surface area contributed by atoms with Crippen molar-refractivity contribution in [3.05, 3.63) is 0 Å². The van der Waals surface area contributed by atoms with Crippen LogP contribution >= 0.6 is 0 Å². The van der Waals surface area contributed by atoms with Gasteiger partial charge in [-0.3, -0.25) is 0 Å². The molecule has 0 atom stereocenters. The number of hydrogen-bond acceptors (Lipinski definition) is 1. The van der Waals surface area contributed by atoms with E-state index in [4.69, 9.17) is 0 Å². The Morgan fingerprint density at radius 2 is 1.50 bits per heavy atom. The summed E-state index contributed by atoms with van der Waals surface area (Å²) in [5.41, 5.74) is 0. The van der Waals surface area contributed by atoms with Gasteiger partial charge < -0.3 is 4.90 Å². The molecule has 0 aromatic rings. The topological polar surface area (TPSA) is 3.24 Å². The summed E-state index contributed by atoms with van der Waals surface area (Å²) in [6.45, 7) is 8.55. The van der Waals surface area contributed by atoms with Crippen LogP contribution in [0.1, 0.15) is 58.8 Å². The predicted molar refractivity (Wildman–Crippen MR) is 63.6 cm³/mol. The Hall–Kier alpha value is -0.0400. The Morgan fingerprint density at radius 1 is 0.929 bits per heavy atom. The second kappa shape index (κ2) is 7.28. The third-order valence-corrected chi connectivity index (χ3v) is 3.41. The summed E-state index contributed by atoms with van der Waals surface area (Å²) >= 11 is 0. The fourth-order valence-electron chi connectivity index (χ4n) is 2.63. The van der Waals surface area contributed by atoms with Gasteiger partial charge in [-0.2, -0.15) is 0 Å². The van der Waals surface area contributed by atoms with E-state index < -0.39 is 0 Å². The van der Waals surface area contributed by atoms with Gasteiger partial charge in [0.2, 0.25) is 0 Å². The van der Waals surface area contributed by atoms with Crippen molar-refractivity contribution in [1.82, 2.24) is 4.90 Å². The van der Waals surface area contributed by atoms with Crippen LogP contribution in [-0.4, -0.2) is 24.5 Å². The van der Waals surface area contributed by atoms with E-state index in [9.17, 15) is 0 Å². The highest BCUT2D eigenvalue weighted by atomic mass is 15.1. The SMILES string of the molecule is CCCN(CCC)CCC1CCCC1. The Kier molecular flexibility index (Phi) is 6.25. The molecule has 1 aliphatic carbocycles. The van der Waals surface area contributed by atoms with Gasteiger partial charge in [-0.05, 0) is 44.8 Å². The maximum atomic E-state index is 2.65. The molecule has 0 amide bonds. The number of hydrogen-bond donors (Lipinski definition) is 0. The van der Waals surface area contributed by atoms with Gasteiger partial charge >= 0.3 is 0 Å². The van der Waals surface area contributed by atoms with Crippen molar-refractivity contribution in [1.29, 1.82) is 0 Å². The minimum absolute atomic E-state index is 1.06. The molecule has 0 aromatic heterocycles. The first kappa shape index (κ1) is 12.0. The zero-order valence-electron chi connectivity index (χ0n) is 10.1. The highest BCUT2D eigenvalue weighted by Crippen LogP contribution is 2.27. The molecule has 1 fully saturated rings. The molecule has 0 N–H and O–H groups in total. The first-order valence-electron chi connectivity index (χ1n) is 6.59. The average Bonchev–Trinajstić information content (AvgIpc) is 2.67. The minimum atomic E-state index is 1.06. The summed E-state index contributed by atoms with van der Waals surface area (Å²) < 4.78 is 0. The van der Waals surface area contributed by atoms with Crippen LogP contribution in [0.25, 0.3) is 0 Å². The molecule has 0 bridgehead atoms.